The molecule has 0 unspecified atom stereocenters. The molecule has 1 amide bonds. The van der Waals surface area contributed by atoms with Crippen LogP contribution in [0.15, 0.2) is 30.5 Å². The Balaban J connectivity index is 1.42. The minimum absolute atomic E-state index is 0.00710. The number of methoxy groups -OCH3 is 1. The molecule has 0 spiro atoms. The number of hydrogen-bond donors (Lipinski definition) is 1. The Morgan fingerprint density at radius 1 is 1.28 bits per heavy atom. The number of nitrogens with zero attached hydrogens (tertiary/aromatic N) is 8. The maximum Gasteiger partial charge on any atom is 0.285 e. The van der Waals surface area contributed by atoms with Gasteiger partial charge in [0.2, 0.25) is 17.7 Å². The lowest BCUT2D eigenvalue weighted by molar-refractivity contribution is -0.143. The van der Waals surface area contributed by atoms with E-state index in [0.29, 0.717) is 27.7 Å². The Morgan fingerprint density at radius 3 is 2.77 bits per heavy atom. The Labute approximate surface area is 220 Å². The van der Waals surface area contributed by atoms with Crippen molar-refractivity contribution in [1.29, 1.82) is 0 Å². The molecule has 1 atom stereocenters. The first-order valence-electron chi connectivity index (χ1n) is 12.2. The number of amides is 1. The number of benzene rings is 1. The number of carbonyl (C=O) groups excluding carboxylic acids is 1. The Morgan fingerprint density at radius 2 is 2.08 bits per heavy atom. The molecule has 39 heavy (non-hydrogen) atoms. The highest BCUT2D eigenvalue weighted by Gasteiger charge is 2.46. The number of fused-ring (bicyclic) bond motifs is 2. The molecule has 1 aliphatic heterocycles. The summed E-state index contributed by atoms with van der Waals surface area (Å²) in [6, 6.07) is 5.57. The van der Waals surface area contributed by atoms with Crippen LogP contribution < -0.4 is 10.1 Å². The Hall–Kier alpha value is -4.01. The topological polar surface area (TPSA) is 106 Å². The number of likely N-dealkylation sites (N-methyl/N-ethyl adjacent to an activating group) is 1. The highest BCUT2D eigenvalue weighted by Crippen LogP contribution is 2.34. The summed E-state index contributed by atoms with van der Waals surface area (Å²) in [5, 5.41) is 14.8. The van der Waals surface area contributed by atoms with E-state index in [0.717, 1.165) is 4.68 Å². The van der Waals surface area contributed by atoms with Gasteiger partial charge in [-0.15, -0.1) is 10.2 Å². The van der Waals surface area contributed by atoms with Crippen molar-refractivity contribution in [2.75, 3.05) is 46.2 Å². The van der Waals surface area contributed by atoms with Crippen molar-refractivity contribution < 1.29 is 27.1 Å². The zero-order valence-corrected chi connectivity index (χ0v) is 21.5. The number of ether oxygens (including phenoxy) is 1. The zero-order valence-electron chi connectivity index (χ0n) is 21.5. The van der Waals surface area contributed by atoms with Crippen LogP contribution in [-0.4, -0.2) is 105 Å². The average Bonchev–Trinajstić information content (AvgIpc) is 3.47. The van der Waals surface area contributed by atoms with E-state index in [-0.39, 0.29) is 37.2 Å². The van der Waals surface area contributed by atoms with Crippen LogP contribution in [0.5, 0.6) is 5.88 Å². The molecule has 0 aliphatic carbocycles. The standard InChI is InChI=1S/C24H27F4N9O2/c1-34(2)12-20(38)35-8-7-18(24(27,28)13-35)29-23-30-22(39-3)21-15(6-9-36(21)32-23)14-4-5-16-17(10-14)37(33-31-16)11-19(25)26/h4-6,9-10,18-19H,7-8,11-13H2,1-3H3,(H,29,32)/t18-/m1/s1. The maximum absolute atomic E-state index is 15.0. The number of nitrogens with one attached hydrogen (secondary N) is 1. The number of halogens is 4. The number of aromatic nitrogens is 6. The fourth-order valence-corrected chi connectivity index (χ4v) is 4.68. The summed E-state index contributed by atoms with van der Waals surface area (Å²) in [4.78, 5) is 19.4. The molecule has 3 aromatic heterocycles. The number of rotatable bonds is 8. The summed E-state index contributed by atoms with van der Waals surface area (Å²) < 4.78 is 64.0. The second-order valence-corrected chi connectivity index (χ2v) is 9.63. The molecule has 1 aromatic carbocycles. The SMILES string of the molecule is COc1nc(N[C@@H]2CCN(C(=O)CN(C)C)CC2(F)F)nn2ccc(-c3ccc4nnn(CC(F)F)c4c3)c12. The van der Waals surface area contributed by atoms with Crippen LogP contribution in [0.25, 0.3) is 27.7 Å². The maximum atomic E-state index is 15.0. The number of likely N-dealkylation sites (tertiary alicyclic amines) is 1. The smallest absolute Gasteiger partial charge is 0.285 e. The summed E-state index contributed by atoms with van der Waals surface area (Å²) in [6.45, 7) is -1.07. The highest BCUT2D eigenvalue weighted by molar-refractivity contribution is 5.89. The second-order valence-electron chi connectivity index (χ2n) is 9.63. The minimum atomic E-state index is -3.21. The molecule has 0 bridgehead atoms. The van der Waals surface area contributed by atoms with Gasteiger partial charge in [0, 0.05) is 18.3 Å². The van der Waals surface area contributed by atoms with E-state index in [2.05, 4.69) is 25.7 Å². The highest BCUT2D eigenvalue weighted by atomic mass is 19.3. The molecule has 4 heterocycles. The van der Waals surface area contributed by atoms with Gasteiger partial charge in [-0.3, -0.25) is 4.79 Å². The van der Waals surface area contributed by atoms with Crippen molar-refractivity contribution in [3.05, 3.63) is 30.5 Å². The lowest BCUT2D eigenvalue weighted by atomic mass is 10.0. The first-order chi connectivity index (χ1) is 18.6. The quantitative estimate of drug-likeness (QED) is 0.335. The molecule has 0 radical (unpaired) electrons. The average molecular weight is 550 g/mol. The van der Waals surface area contributed by atoms with E-state index >= 15 is 8.78 Å². The van der Waals surface area contributed by atoms with E-state index in [9.17, 15) is 13.6 Å². The van der Waals surface area contributed by atoms with Crippen molar-refractivity contribution in [3.63, 3.8) is 0 Å². The fraction of sp³-hybridized carbons (Fsp3) is 0.458. The van der Waals surface area contributed by atoms with Gasteiger partial charge >= 0.3 is 0 Å². The van der Waals surface area contributed by atoms with Gasteiger partial charge in [0.25, 0.3) is 12.3 Å². The van der Waals surface area contributed by atoms with E-state index in [1.807, 2.05) is 0 Å². The Kier molecular flexibility index (Phi) is 7.01. The van der Waals surface area contributed by atoms with Crippen LogP contribution >= 0.6 is 0 Å². The molecule has 1 N–H and O–H groups in total. The third-order valence-electron chi connectivity index (χ3n) is 6.52. The van der Waals surface area contributed by atoms with Crippen LogP contribution in [0.2, 0.25) is 0 Å². The first kappa shape index (κ1) is 26.6. The predicted octanol–water partition coefficient (Wildman–Crippen LogP) is 2.62. The van der Waals surface area contributed by atoms with Crippen LogP contribution in [0.4, 0.5) is 23.5 Å². The summed E-state index contributed by atoms with van der Waals surface area (Å²) in [5.41, 5.74) is 2.66. The van der Waals surface area contributed by atoms with Gasteiger partial charge in [-0.25, -0.2) is 26.8 Å². The minimum Gasteiger partial charge on any atom is -0.479 e. The second kappa shape index (κ2) is 10.3. The third kappa shape index (κ3) is 5.30. The van der Waals surface area contributed by atoms with Gasteiger partial charge in [0.15, 0.2) is 0 Å². The number of alkyl halides is 4. The number of piperidine rings is 1. The van der Waals surface area contributed by atoms with Crippen LogP contribution in [-0.2, 0) is 11.3 Å². The lowest BCUT2D eigenvalue weighted by Gasteiger charge is -2.38. The van der Waals surface area contributed by atoms with Gasteiger partial charge in [0.05, 0.1) is 31.8 Å². The van der Waals surface area contributed by atoms with Gasteiger partial charge < -0.3 is 19.9 Å². The van der Waals surface area contributed by atoms with Crippen molar-refractivity contribution in [3.8, 4) is 17.0 Å². The molecular weight excluding hydrogens is 522 g/mol. The van der Waals surface area contributed by atoms with Gasteiger partial charge in [-0.1, -0.05) is 11.3 Å². The summed E-state index contributed by atoms with van der Waals surface area (Å²) >= 11 is 0. The normalized spacial score (nSPS) is 17.5. The van der Waals surface area contributed by atoms with Crippen molar-refractivity contribution >= 4 is 28.4 Å². The Bertz CT molecular complexity index is 1500. The van der Waals surface area contributed by atoms with Gasteiger partial charge in [-0.05, 0) is 44.3 Å². The molecular formula is C24H27F4N9O2. The van der Waals surface area contributed by atoms with Crippen molar-refractivity contribution in [2.45, 2.75) is 31.4 Å². The van der Waals surface area contributed by atoms with Crippen LogP contribution in [0.1, 0.15) is 6.42 Å². The van der Waals surface area contributed by atoms with Crippen molar-refractivity contribution in [2.24, 2.45) is 0 Å². The molecule has 1 fully saturated rings. The summed E-state index contributed by atoms with van der Waals surface area (Å²) in [7, 11) is 4.81. The molecule has 4 aromatic rings. The largest absolute Gasteiger partial charge is 0.479 e. The summed E-state index contributed by atoms with van der Waals surface area (Å²) in [6.07, 6.45) is -0.960. The number of carbonyl (C=O) groups is 1. The monoisotopic (exact) mass is 549 g/mol. The van der Waals surface area contributed by atoms with E-state index in [1.54, 1.807) is 49.5 Å². The zero-order chi connectivity index (χ0) is 27.9. The first-order valence-corrected chi connectivity index (χ1v) is 12.2. The fourth-order valence-electron chi connectivity index (χ4n) is 4.68. The summed E-state index contributed by atoms with van der Waals surface area (Å²) in [5.74, 6) is -3.50. The molecule has 5 rings (SSSR count). The molecule has 0 saturated carbocycles. The molecule has 1 saturated heterocycles. The third-order valence-corrected chi connectivity index (χ3v) is 6.52. The number of hydrogen-bond acceptors (Lipinski definition) is 8. The van der Waals surface area contributed by atoms with Crippen molar-refractivity contribution in [1.82, 2.24) is 39.4 Å². The number of anilines is 1. The lowest BCUT2D eigenvalue weighted by Crippen LogP contribution is -2.57. The van der Waals surface area contributed by atoms with Gasteiger partial charge in [-0.2, -0.15) is 4.98 Å². The molecule has 11 nitrogen and oxygen atoms in total. The van der Waals surface area contributed by atoms with E-state index in [1.165, 1.54) is 16.5 Å². The molecule has 208 valence electrons. The van der Waals surface area contributed by atoms with E-state index < -0.39 is 31.5 Å². The van der Waals surface area contributed by atoms with Gasteiger partial charge in [0.1, 0.15) is 17.6 Å². The molecule has 15 heteroatoms. The predicted molar refractivity (Wildman–Crippen MR) is 134 cm³/mol. The van der Waals surface area contributed by atoms with Crippen LogP contribution in [0.3, 0.4) is 0 Å². The van der Waals surface area contributed by atoms with Crippen LogP contribution in [0, 0.1) is 0 Å². The molecule has 1 aliphatic rings. The van der Waals surface area contributed by atoms with E-state index in [4.69, 9.17) is 4.74 Å².